The summed E-state index contributed by atoms with van der Waals surface area (Å²) in [6, 6.07) is 1.43. The van der Waals surface area contributed by atoms with Gasteiger partial charge in [-0.3, -0.25) is 0 Å². The molecule has 0 bridgehead atoms. The molecular weight excluding hydrogens is 292 g/mol. The van der Waals surface area contributed by atoms with E-state index >= 15 is 0 Å². The van der Waals surface area contributed by atoms with Crippen LogP contribution in [0, 0.1) is 11.6 Å². The van der Waals surface area contributed by atoms with Crippen molar-refractivity contribution >= 4 is 26.0 Å². The number of benzene rings is 1. The van der Waals surface area contributed by atoms with Crippen LogP contribution in [0.25, 0.3) is 0 Å². The third-order valence-electron chi connectivity index (χ3n) is 1.73. The molecule has 0 radical (unpaired) electrons. The quantitative estimate of drug-likeness (QED) is 0.783. The summed E-state index contributed by atoms with van der Waals surface area (Å²) in [6.45, 7) is 0. The van der Waals surface area contributed by atoms with Gasteiger partial charge in [-0.2, -0.15) is 0 Å². The van der Waals surface area contributed by atoms with Gasteiger partial charge < -0.3 is 0 Å². The second kappa shape index (κ2) is 4.15. The van der Waals surface area contributed by atoms with E-state index in [9.17, 15) is 17.2 Å². The first-order valence-electron chi connectivity index (χ1n) is 3.84. The van der Waals surface area contributed by atoms with Crippen LogP contribution in [0.1, 0.15) is 0 Å². The molecule has 0 aliphatic carbocycles. The highest BCUT2D eigenvalue weighted by atomic mass is 79.9. The van der Waals surface area contributed by atoms with E-state index in [0.717, 1.165) is 10.4 Å². The molecule has 84 valence electrons. The molecule has 0 aliphatic rings. The van der Waals surface area contributed by atoms with Crippen LogP contribution in [0.5, 0.6) is 0 Å². The molecule has 1 aromatic rings. The summed E-state index contributed by atoms with van der Waals surface area (Å²) in [5.74, 6) is -2.29. The van der Waals surface area contributed by atoms with E-state index in [4.69, 9.17) is 0 Å². The monoisotopic (exact) mass is 299 g/mol. The molecule has 1 aromatic carbocycles. The summed E-state index contributed by atoms with van der Waals surface area (Å²) in [6.07, 6.45) is 0. The molecule has 15 heavy (non-hydrogen) atoms. The Labute approximate surface area is 94.9 Å². The Morgan fingerprint density at radius 2 is 1.67 bits per heavy atom. The second-order valence-corrected chi connectivity index (χ2v) is 5.96. The summed E-state index contributed by atoms with van der Waals surface area (Å²) in [7, 11) is -1.15. The van der Waals surface area contributed by atoms with E-state index in [1.807, 2.05) is 0 Å². The third-order valence-corrected chi connectivity index (χ3v) is 4.51. The molecule has 0 aromatic heterocycles. The van der Waals surface area contributed by atoms with Crippen LogP contribution < -0.4 is 0 Å². The predicted molar refractivity (Wildman–Crippen MR) is 54.9 cm³/mol. The molecule has 1 rings (SSSR count). The smallest absolute Gasteiger partial charge is 0.207 e. The minimum Gasteiger partial charge on any atom is -0.207 e. The first-order chi connectivity index (χ1) is 6.76. The van der Waals surface area contributed by atoms with Crippen LogP contribution in [-0.4, -0.2) is 26.8 Å². The maximum atomic E-state index is 12.9. The van der Waals surface area contributed by atoms with E-state index in [1.54, 1.807) is 0 Å². The number of hydrogen-bond acceptors (Lipinski definition) is 2. The Bertz CT molecular complexity index is 488. The standard InChI is InChI=1S/C8H8BrF2NO2S/c1-12(2)15(13,14)8-4-7(11)6(10)3-5(8)9/h3-4H,1-2H3. The topological polar surface area (TPSA) is 37.4 Å². The van der Waals surface area contributed by atoms with Crippen LogP contribution in [0.2, 0.25) is 0 Å². The Morgan fingerprint density at radius 3 is 2.13 bits per heavy atom. The van der Waals surface area contributed by atoms with Crippen molar-refractivity contribution in [3.63, 3.8) is 0 Å². The zero-order valence-corrected chi connectivity index (χ0v) is 10.4. The maximum Gasteiger partial charge on any atom is 0.243 e. The van der Waals surface area contributed by atoms with Gasteiger partial charge in [0.2, 0.25) is 10.0 Å². The normalized spacial score (nSPS) is 12.1. The average molecular weight is 300 g/mol. The first-order valence-corrected chi connectivity index (χ1v) is 6.07. The molecule has 7 heteroatoms. The summed E-state index contributed by atoms with van der Waals surface area (Å²) >= 11 is 2.87. The highest BCUT2D eigenvalue weighted by Gasteiger charge is 2.22. The van der Waals surface area contributed by atoms with Gasteiger partial charge in [-0.15, -0.1) is 0 Å². The van der Waals surface area contributed by atoms with Crippen molar-refractivity contribution in [2.75, 3.05) is 14.1 Å². The summed E-state index contributed by atoms with van der Waals surface area (Å²) in [5.41, 5.74) is 0. The fraction of sp³-hybridized carbons (Fsp3) is 0.250. The van der Waals surface area contributed by atoms with Crippen molar-refractivity contribution in [1.29, 1.82) is 0 Å². The van der Waals surface area contributed by atoms with Crippen molar-refractivity contribution < 1.29 is 17.2 Å². The number of halogens is 3. The summed E-state index contributed by atoms with van der Waals surface area (Å²) < 4.78 is 49.8. The van der Waals surface area contributed by atoms with Crippen LogP contribution >= 0.6 is 15.9 Å². The van der Waals surface area contributed by atoms with Gasteiger partial charge in [-0.25, -0.2) is 21.5 Å². The van der Waals surface area contributed by atoms with Crippen molar-refractivity contribution in [3.8, 4) is 0 Å². The van der Waals surface area contributed by atoms with E-state index in [0.29, 0.717) is 6.07 Å². The van der Waals surface area contributed by atoms with Gasteiger partial charge in [0.25, 0.3) is 0 Å². The average Bonchev–Trinajstić information content (AvgIpc) is 2.10. The van der Waals surface area contributed by atoms with Gasteiger partial charge in [-0.05, 0) is 28.1 Å². The fourth-order valence-electron chi connectivity index (χ4n) is 0.899. The minimum absolute atomic E-state index is 0.00454. The SMILES string of the molecule is CN(C)S(=O)(=O)c1cc(F)c(F)cc1Br. The molecule has 0 spiro atoms. The molecule has 0 fully saturated rings. The predicted octanol–water partition coefficient (Wildman–Crippen LogP) is 1.98. The lowest BCUT2D eigenvalue weighted by Crippen LogP contribution is -2.22. The molecule has 0 N–H and O–H groups in total. The molecule has 0 unspecified atom stereocenters. The zero-order chi connectivity index (χ0) is 11.8. The van der Waals surface area contributed by atoms with Gasteiger partial charge in [0.15, 0.2) is 11.6 Å². The number of hydrogen-bond donors (Lipinski definition) is 0. The maximum absolute atomic E-state index is 12.9. The van der Waals surface area contributed by atoms with E-state index in [2.05, 4.69) is 15.9 Å². The Balaban J connectivity index is 3.46. The van der Waals surface area contributed by atoms with E-state index < -0.39 is 21.7 Å². The molecular formula is C8H8BrF2NO2S. The number of nitrogens with zero attached hydrogens (tertiary/aromatic N) is 1. The Morgan fingerprint density at radius 1 is 1.20 bits per heavy atom. The highest BCUT2D eigenvalue weighted by Crippen LogP contribution is 2.26. The van der Waals surface area contributed by atoms with Gasteiger partial charge in [0.1, 0.15) is 0 Å². The lowest BCUT2D eigenvalue weighted by molar-refractivity contribution is 0.497. The van der Waals surface area contributed by atoms with Crippen molar-refractivity contribution in [2.45, 2.75) is 4.90 Å². The van der Waals surface area contributed by atoms with Crippen LogP contribution in [-0.2, 0) is 10.0 Å². The zero-order valence-electron chi connectivity index (χ0n) is 7.96. The minimum atomic E-state index is -3.77. The Kier molecular flexibility index (Phi) is 3.47. The van der Waals surface area contributed by atoms with Crippen molar-refractivity contribution in [1.82, 2.24) is 4.31 Å². The summed E-state index contributed by atoms with van der Waals surface area (Å²) in [5, 5.41) is 0. The highest BCUT2D eigenvalue weighted by molar-refractivity contribution is 9.10. The van der Waals surface area contributed by atoms with E-state index in [-0.39, 0.29) is 9.37 Å². The number of rotatable bonds is 2. The van der Waals surface area contributed by atoms with Crippen LogP contribution in [0.3, 0.4) is 0 Å². The van der Waals surface area contributed by atoms with Crippen LogP contribution in [0.15, 0.2) is 21.5 Å². The van der Waals surface area contributed by atoms with Crippen LogP contribution in [0.4, 0.5) is 8.78 Å². The van der Waals surface area contributed by atoms with Crippen molar-refractivity contribution in [3.05, 3.63) is 28.2 Å². The lowest BCUT2D eigenvalue weighted by Gasteiger charge is -2.12. The lowest BCUT2D eigenvalue weighted by atomic mass is 10.3. The van der Waals surface area contributed by atoms with Gasteiger partial charge in [-0.1, -0.05) is 0 Å². The van der Waals surface area contributed by atoms with E-state index in [1.165, 1.54) is 14.1 Å². The third kappa shape index (κ3) is 2.35. The molecule has 0 saturated heterocycles. The van der Waals surface area contributed by atoms with Gasteiger partial charge in [0, 0.05) is 18.6 Å². The molecule has 0 amide bonds. The molecule has 0 saturated carbocycles. The molecule has 0 atom stereocenters. The molecule has 0 aliphatic heterocycles. The molecule has 0 heterocycles. The number of sulfonamides is 1. The van der Waals surface area contributed by atoms with Gasteiger partial charge >= 0.3 is 0 Å². The summed E-state index contributed by atoms with van der Waals surface area (Å²) in [4.78, 5) is -0.300. The second-order valence-electron chi connectivity index (χ2n) is 2.98. The largest absolute Gasteiger partial charge is 0.243 e. The van der Waals surface area contributed by atoms with Gasteiger partial charge in [0.05, 0.1) is 4.90 Å². The fourth-order valence-corrected chi connectivity index (χ4v) is 2.78. The van der Waals surface area contributed by atoms with Crippen molar-refractivity contribution in [2.24, 2.45) is 0 Å². The molecule has 3 nitrogen and oxygen atoms in total. The first kappa shape index (κ1) is 12.5. The Hall–Kier alpha value is -0.530.